The molecule has 0 radical (unpaired) electrons. The van der Waals surface area contributed by atoms with Gasteiger partial charge in [0.1, 0.15) is 11.9 Å². The average molecular weight is 350 g/mol. The molecular formula is C18H30N4O3. The molecule has 1 aromatic heterocycles. The van der Waals surface area contributed by atoms with Gasteiger partial charge in [0, 0.05) is 25.2 Å². The SMILES string of the molecule is COC(=O)N[C@H](C(=O)N1CCC[C@H]1Cc1nc(C(C)C)c[nH]1)C(C)C. The van der Waals surface area contributed by atoms with Crippen molar-refractivity contribution >= 4 is 12.0 Å². The third kappa shape index (κ3) is 4.74. The number of aromatic amines is 1. The van der Waals surface area contributed by atoms with Gasteiger partial charge < -0.3 is 19.9 Å². The van der Waals surface area contributed by atoms with E-state index in [0.29, 0.717) is 18.9 Å². The number of imidazole rings is 1. The zero-order valence-electron chi connectivity index (χ0n) is 15.8. The number of hydrogen-bond acceptors (Lipinski definition) is 4. The molecule has 1 aromatic rings. The molecule has 1 fully saturated rings. The number of carbonyl (C=O) groups excluding carboxylic acids is 2. The molecule has 0 spiro atoms. The van der Waals surface area contributed by atoms with Gasteiger partial charge >= 0.3 is 6.09 Å². The summed E-state index contributed by atoms with van der Waals surface area (Å²) in [6.45, 7) is 8.78. The monoisotopic (exact) mass is 350 g/mol. The van der Waals surface area contributed by atoms with Crippen LogP contribution in [0.5, 0.6) is 0 Å². The van der Waals surface area contributed by atoms with Crippen LogP contribution in [-0.2, 0) is 16.0 Å². The molecule has 1 aliphatic heterocycles. The first-order valence-corrected chi connectivity index (χ1v) is 9.02. The minimum Gasteiger partial charge on any atom is -0.453 e. The van der Waals surface area contributed by atoms with Gasteiger partial charge in [-0.05, 0) is 24.7 Å². The third-order valence-electron chi connectivity index (χ3n) is 4.72. The molecule has 1 saturated heterocycles. The third-order valence-corrected chi connectivity index (χ3v) is 4.72. The van der Waals surface area contributed by atoms with Gasteiger partial charge in [-0.15, -0.1) is 0 Å². The number of amides is 2. The van der Waals surface area contributed by atoms with E-state index >= 15 is 0 Å². The Hall–Kier alpha value is -2.05. The van der Waals surface area contributed by atoms with Crippen LogP contribution in [0.25, 0.3) is 0 Å². The Kier molecular flexibility index (Phi) is 6.45. The fourth-order valence-electron chi connectivity index (χ4n) is 3.22. The maximum Gasteiger partial charge on any atom is 0.407 e. The maximum absolute atomic E-state index is 13.0. The van der Waals surface area contributed by atoms with Gasteiger partial charge in [0.25, 0.3) is 0 Å². The molecule has 25 heavy (non-hydrogen) atoms. The summed E-state index contributed by atoms with van der Waals surface area (Å²) >= 11 is 0. The molecule has 0 unspecified atom stereocenters. The Morgan fingerprint density at radius 3 is 2.68 bits per heavy atom. The number of methoxy groups -OCH3 is 1. The number of carbonyl (C=O) groups is 2. The van der Waals surface area contributed by atoms with E-state index in [1.54, 1.807) is 0 Å². The molecule has 2 N–H and O–H groups in total. The number of rotatable bonds is 6. The lowest BCUT2D eigenvalue weighted by Gasteiger charge is -2.30. The van der Waals surface area contributed by atoms with E-state index in [-0.39, 0.29) is 17.9 Å². The minimum atomic E-state index is -0.574. The number of aromatic nitrogens is 2. The van der Waals surface area contributed by atoms with E-state index in [4.69, 9.17) is 0 Å². The highest BCUT2D eigenvalue weighted by atomic mass is 16.5. The van der Waals surface area contributed by atoms with E-state index in [9.17, 15) is 9.59 Å². The Morgan fingerprint density at radius 2 is 2.12 bits per heavy atom. The highest BCUT2D eigenvalue weighted by Gasteiger charge is 2.35. The fourth-order valence-corrected chi connectivity index (χ4v) is 3.22. The summed E-state index contributed by atoms with van der Waals surface area (Å²) in [7, 11) is 1.30. The fraction of sp³-hybridized carbons (Fsp3) is 0.722. The molecule has 2 amide bonds. The van der Waals surface area contributed by atoms with Crippen molar-refractivity contribution in [2.75, 3.05) is 13.7 Å². The van der Waals surface area contributed by atoms with Crippen LogP contribution < -0.4 is 5.32 Å². The molecule has 7 nitrogen and oxygen atoms in total. The Labute approximate surface area is 149 Å². The van der Waals surface area contributed by atoms with E-state index in [1.807, 2.05) is 24.9 Å². The second-order valence-corrected chi connectivity index (χ2v) is 7.32. The molecular weight excluding hydrogens is 320 g/mol. The molecule has 140 valence electrons. The highest BCUT2D eigenvalue weighted by molar-refractivity contribution is 5.86. The van der Waals surface area contributed by atoms with Gasteiger partial charge in [0.05, 0.1) is 12.8 Å². The van der Waals surface area contributed by atoms with Crippen molar-refractivity contribution in [1.29, 1.82) is 0 Å². The van der Waals surface area contributed by atoms with Crippen molar-refractivity contribution in [1.82, 2.24) is 20.2 Å². The molecule has 0 aromatic carbocycles. The van der Waals surface area contributed by atoms with Crippen LogP contribution in [0.15, 0.2) is 6.20 Å². The number of alkyl carbamates (subject to hydrolysis) is 1. The largest absolute Gasteiger partial charge is 0.453 e. The molecule has 2 rings (SSSR count). The van der Waals surface area contributed by atoms with Gasteiger partial charge in [0.2, 0.25) is 5.91 Å². The second-order valence-electron chi connectivity index (χ2n) is 7.32. The smallest absolute Gasteiger partial charge is 0.407 e. The zero-order valence-corrected chi connectivity index (χ0v) is 15.8. The van der Waals surface area contributed by atoms with Crippen molar-refractivity contribution in [3.63, 3.8) is 0 Å². The highest BCUT2D eigenvalue weighted by Crippen LogP contribution is 2.23. The molecule has 0 bridgehead atoms. The average Bonchev–Trinajstić information content (AvgIpc) is 3.21. The second kappa shape index (κ2) is 8.36. The van der Waals surface area contributed by atoms with Crippen molar-refractivity contribution in [2.24, 2.45) is 5.92 Å². The number of nitrogens with zero attached hydrogens (tertiary/aromatic N) is 2. The van der Waals surface area contributed by atoms with E-state index in [1.165, 1.54) is 7.11 Å². The first-order chi connectivity index (χ1) is 11.8. The Morgan fingerprint density at radius 1 is 1.40 bits per heavy atom. The molecule has 0 aliphatic carbocycles. The normalized spacial score (nSPS) is 18.7. The summed E-state index contributed by atoms with van der Waals surface area (Å²) in [4.78, 5) is 34.3. The lowest BCUT2D eigenvalue weighted by Crippen LogP contribution is -2.52. The van der Waals surface area contributed by atoms with Gasteiger partial charge in [-0.1, -0.05) is 27.7 Å². The van der Waals surface area contributed by atoms with Crippen molar-refractivity contribution in [3.8, 4) is 0 Å². The van der Waals surface area contributed by atoms with Gasteiger partial charge in [-0.2, -0.15) is 0 Å². The minimum absolute atomic E-state index is 0.0102. The number of ether oxygens (including phenoxy) is 1. The number of H-pyrrole nitrogens is 1. The van der Waals surface area contributed by atoms with Crippen LogP contribution in [0.3, 0.4) is 0 Å². The van der Waals surface area contributed by atoms with Gasteiger partial charge in [-0.3, -0.25) is 4.79 Å². The molecule has 1 aliphatic rings. The summed E-state index contributed by atoms with van der Waals surface area (Å²) < 4.78 is 4.66. The summed E-state index contributed by atoms with van der Waals surface area (Å²) in [5, 5.41) is 2.67. The predicted molar refractivity (Wildman–Crippen MR) is 95.3 cm³/mol. The van der Waals surface area contributed by atoms with Crippen molar-refractivity contribution < 1.29 is 14.3 Å². The quantitative estimate of drug-likeness (QED) is 0.825. The molecule has 2 heterocycles. The topological polar surface area (TPSA) is 87.3 Å². The number of likely N-dealkylation sites (tertiary alicyclic amines) is 1. The number of nitrogens with one attached hydrogen (secondary N) is 2. The van der Waals surface area contributed by atoms with Crippen LogP contribution in [0, 0.1) is 5.92 Å². The molecule has 2 atom stereocenters. The Balaban J connectivity index is 2.07. The summed E-state index contributed by atoms with van der Waals surface area (Å²) in [6, 6.07) is -0.463. The lowest BCUT2D eigenvalue weighted by molar-refractivity contribution is -0.135. The zero-order chi connectivity index (χ0) is 18.6. The van der Waals surface area contributed by atoms with Crippen molar-refractivity contribution in [3.05, 3.63) is 17.7 Å². The lowest BCUT2D eigenvalue weighted by atomic mass is 10.0. The first kappa shape index (κ1) is 19.3. The van der Waals surface area contributed by atoms with Gasteiger partial charge in [0.15, 0.2) is 0 Å². The van der Waals surface area contributed by atoms with Crippen LogP contribution in [0.4, 0.5) is 4.79 Å². The van der Waals surface area contributed by atoms with Crippen molar-refractivity contribution in [2.45, 2.75) is 65.0 Å². The maximum atomic E-state index is 13.0. The van der Waals surface area contributed by atoms with Crippen LogP contribution in [0.1, 0.15) is 58.0 Å². The summed E-state index contributed by atoms with van der Waals surface area (Å²) in [5.41, 5.74) is 1.04. The standard InChI is InChI=1S/C18H30N4O3/c1-11(2)14-10-19-15(20-14)9-13-7-6-8-22(13)17(23)16(12(3)4)21-18(24)25-5/h10-13,16H,6-9H2,1-5H3,(H,19,20)(H,21,24)/t13-,16-/m0/s1. The van der Waals surface area contributed by atoms with E-state index in [2.05, 4.69) is 33.9 Å². The molecule has 0 saturated carbocycles. The van der Waals surface area contributed by atoms with Crippen LogP contribution in [0.2, 0.25) is 0 Å². The van der Waals surface area contributed by atoms with E-state index in [0.717, 1.165) is 24.4 Å². The summed E-state index contributed by atoms with van der Waals surface area (Å²) in [6.07, 6.45) is 4.00. The van der Waals surface area contributed by atoms with Crippen LogP contribution in [-0.4, -0.2) is 52.6 Å². The Bertz CT molecular complexity index is 597. The van der Waals surface area contributed by atoms with E-state index < -0.39 is 12.1 Å². The van der Waals surface area contributed by atoms with Crippen LogP contribution >= 0.6 is 0 Å². The first-order valence-electron chi connectivity index (χ1n) is 9.02. The summed E-state index contributed by atoms with van der Waals surface area (Å²) in [5.74, 6) is 1.24. The number of hydrogen-bond donors (Lipinski definition) is 2. The molecule has 7 heteroatoms. The van der Waals surface area contributed by atoms with Gasteiger partial charge in [-0.25, -0.2) is 9.78 Å². The predicted octanol–water partition coefficient (Wildman–Crippen LogP) is 2.45.